The third-order valence-corrected chi connectivity index (χ3v) is 2.87. The van der Waals surface area contributed by atoms with Gasteiger partial charge in [-0.1, -0.05) is 0 Å². The molecule has 3 aromatic rings. The summed E-state index contributed by atoms with van der Waals surface area (Å²) in [6.07, 6.45) is -3.27. The quantitative estimate of drug-likeness (QED) is 0.596. The first-order valence-corrected chi connectivity index (χ1v) is 5.79. The number of anilines is 2. The maximum Gasteiger partial charge on any atom is 0.416 e. The van der Waals surface area contributed by atoms with E-state index in [9.17, 15) is 13.2 Å². The Balaban J connectivity index is 2.18. The van der Waals surface area contributed by atoms with E-state index >= 15 is 0 Å². The zero-order chi connectivity index (χ0) is 15.2. The minimum Gasteiger partial charge on any atom is -0.399 e. The molecule has 1 aromatic carbocycles. The molecule has 0 aliphatic rings. The molecule has 6 nitrogen and oxygen atoms in total. The van der Waals surface area contributed by atoms with Gasteiger partial charge in [0, 0.05) is 11.3 Å². The average molecular weight is 294 g/mol. The molecule has 0 atom stereocenters. The number of fused-ring (bicyclic) bond motifs is 1. The number of H-pyrrole nitrogens is 1. The van der Waals surface area contributed by atoms with Crippen LogP contribution in [0.15, 0.2) is 24.5 Å². The summed E-state index contributed by atoms with van der Waals surface area (Å²) in [5.41, 5.74) is 11.1. The SMILES string of the molecule is Nc1cc(-c2nc3ncnc(N)c3[nH]2)cc(C(F)(F)F)c1. The summed E-state index contributed by atoms with van der Waals surface area (Å²) in [5.74, 6) is 0.355. The Bertz CT molecular complexity index is 823. The lowest BCUT2D eigenvalue weighted by molar-refractivity contribution is -0.137. The van der Waals surface area contributed by atoms with Crippen molar-refractivity contribution in [2.45, 2.75) is 6.18 Å². The van der Waals surface area contributed by atoms with E-state index in [0.717, 1.165) is 12.1 Å². The van der Waals surface area contributed by atoms with Crippen molar-refractivity contribution in [2.75, 3.05) is 11.5 Å². The largest absolute Gasteiger partial charge is 0.416 e. The Morgan fingerprint density at radius 1 is 1.05 bits per heavy atom. The minimum absolute atomic E-state index is 0.0145. The van der Waals surface area contributed by atoms with Crippen molar-refractivity contribution < 1.29 is 13.2 Å². The second-order valence-electron chi connectivity index (χ2n) is 4.38. The summed E-state index contributed by atoms with van der Waals surface area (Å²) in [5, 5.41) is 0. The number of nitrogens with zero attached hydrogens (tertiary/aromatic N) is 3. The van der Waals surface area contributed by atoms with Gasteiger partial charge in [-0.2, -0.15) is 13.2 Å². The molecule has 5 N–H and O–H groups in total. The van der Waals surface area contributed by atoms with E-state index in [2.05, 4.69) is 19.9 Å². The summed E-state index contributed by atoms with van der Waals surface area (Å²) in [7, 11) is 0. The first kappa shape index (κ1) is 13.2. The molecule has 0 saturated heterocycles. The molecule has 2 heterocycles. The predicted octanol–water partition coefficient (Wildman–Crippen LogP) is 2.20. The Hall–Kier alpha value is -2.84. The Kier molecular flexibility index (Phi) is 2.71. The van der Waals surface area contributed by atoms with Gasteiger partial charge in [-0.3, -0.25) is 0 Å². The fourth-order valence-electron chi connectivity index (χ4n) is 1.94. The van der Waals surface area contributed by atoms with E-state index in [4.69, 9.17) is 11.5 Å². The van der Waals surface area contributed by atoms with Gasteiger partial charge in [0.2, 0.25) is 0 Å². The lowest BCUT2D eigenvalue weighted by Crippen LogP contribution is -2.06. The average Bonchev–Trinajstić information content (AvgIpc) is 2.82. The number of nitrogens with one attached hydrogen (secondary N) is 1. The van der Waals surface area contributed by atoms with Crippen LogP contribution in [0.3, 0.4) is 0 Å². The van der Waals surface area contributed by atoms with E-state index in [-0.39, 0.29) is 28.5 Å². The maximum atomic E-state index is 12.8. The van der Waals surface area contributed by atoms with E-state index < -0.39 is 11.7 Å². The smallest absolute Gasteiger partial charge is 0.399 e. The molecule has 21 heavy (non-hydrogen) atoms. The molecule has 0 unspecified atom stereocenters. The first-order chi connectivity index (χ1) is 9.84. The number of hydrogen-bond donors (Lipinski definition) is 3. The summed E-state index contributed by atoms with van der Waals surface area (Å²) in [6.45, 7) is 0. The van der Waals surface area contributed by atoms with Crippen LogP contribution >= 0.6 is 0 Å². The van der Waals surface area contributed by atoms with Crippen molar-refractivity contribution in [1.82, 2.24) is 19.9 Å². The van der Waals surface area contributed by atoms with Gasteiger partial charge in [0.25, 0.3) is 0 Å². The number of hydrogen-bond acceptors (Lipinski definition) is 5. The van der Waals surface area contributed by atoms with Gasteiger partial charge in [0.1, 0.15) is 17.7 Å². The second kappa shape index (κ2) is 4.33. The summed E-state index contributed by atoms with van der Waals surface area (Å²) >= 11 is 0. The zero-order valence-electron chi connectivity index (χ0n) is 10.4. The van der Waals surface area contributed by atoms with Crippen LogP contribution < -0.4 is 11.5 Å². The monoisotopic (exact) mass is 294 g/mol. The topological polar surface area (TPSA) is 106 Å². The van der Waals surface area contributed by atoms with Gasteiger partial charge in [0.05, 0.1) is 5.56 Å². The van der Waals surface area contributed by atoms with Gasteiger partial charge in [-0.25, -0.2) is 15.0 Å². The predicted molar refractivity (Wildman–Crippen MR) is 70.9 cm³/mol. The number of alkyl halides is 3. The molecular formula is C12H9F3N6. The number of halogens is 3. The molecule has 0 fully saturated rings. The number of nitrogen functional groups attached to an aromatic ring is 2. The highest BCUT2D eigenvalue weighted by Crippen LogP contribution is 2.34. The highest BCUT2D eigenvalue weighted by atomic mass is 19.4. The van der Waals surface area contributed by atoms with Crippen LogP contribution in [0.25, 0.3) is 22.6 Å². The molecule has 0 radical (unpaired) electrons. The van der Waals surface area contributed by atoms with E-state index in [1.807, 2.05) is 0 Å². The van der Waals surface area contributed by atoms with Crippen LogP contribution in [0, 0.1) is 0 Å². The highest BCUT2D eigenvalue weighted by molar-refractivity contribution is 5.84. The van der Waals surface area contributed by atoms with E-state index in [1.54, 1.807) is 0 Å². The van der Waals surface area contributed by atoms with Crippen molar-refractivity contribution in [3.8, 4) is 11.4 Å². The number of imidazole rings is 1. The third-order valence-electron chi connectivity index (χ3n) is 2.87. The van der Waals surface area contributed by atoms with Crippen LogP contribution in [-0.2, 0) is 6.18 Å². The maximum absolute atomic E-state index is 12.8. The molecule has 0 saturated carbocycles. The molecule has 108 valence electrons. The molecule has 0 bridgehead atoms. The van der Waals surface area contributed by atoms with Crippen molar-refractivity contribution >= 4 is 22.7 Å². The van der Waals surface area contributed by atoms with Gasteiger partial charge in [0.15, 0.2) is 11.5 Å². The molecule has 0 spiro atoms. The number of aromatic nitrogens is 4. The molecule has 0 aliphatic carbocycles. The standard InChI is InChI=1S/C12H9F3N6/c13-12(14,15)6-1-5(2-7(16)3-6)10-20-8-9(17)18-4-19-11(8)21-10/h1-4H,16H2,(H3,17,18,19,20,21). The molecule has 2 aromatic heterocycles. The summed E-state index contributed by atoms with van der Waals surface area (Å²) < 4.78 is 38.4. The molecule has 0 amide bonds. The van der Waals surface area contributed by atoms with Crippen LogP contribution in [0.5, 0.6) is 0 Å². The van der Waals surface area contributed by atoms with Crippen molar-refractivity contribution in [1.29, 1.82) is 0 Å². The van der Waals surface area contributed by atoms with Crippen LogP contribution in [0.2, 0.25) is 0 Å². The van der Waals surface area contributed by atoms with Gasteiger partial charge < -0.3 is 16.5 Å². The van der Waals surface area contributed by atoms with E-state index in [1.165, 1.54) is 12.4 Å². The lowest BCUT2D eigenvalue weighted by Gasteiger charge is -2.09. The highest BCUT2D eigenvalue weighted by Gasteiger charge is 2.31. The third kappa shape index (κ3) is 2.33. The second-order valence-corrected chi connectivity index (χ2v) is 4.38. The summed E-state index contributed by atoms with van der Waals surface area (Å²) in [6, 6.07) is 3.20. The minimum atomic E-state index is -4.49. The number of rotatable bonds is 1. The normalized spacial score (nSPS) is 12.0. The molecule has 0 aliphatic heterocycles. The van der Waals surface area contributed by atoms with E-state index in [0.29, 0.717) is 5.52 Å². The van der Waals surface area contributed by atoms with Gasteiger partial charge >= 0.3 is 6.18 Å². The van der Waals surface area contributed by atoms with Crippen LogP contribution in [-0.4, -0.2) is 19.9 Å². The van der Waals surface area contributed by atoms with Crippen LogP contribution in [0.1, 0.15) is 5.56 Å². The fraction of sp³-hybridized carbons (Fsp3) is 0.0833. The number of benzene rings is 1. The van der Waals surface area contributed by atoms with Gasteiger partial charge in [-0.05, 0) is 18.2 Å². The first-order valence-electron chi connectivity index (χ1n) is 5.79. The number of aromatic amines is 1. The molecular weight excluding hydrogens is 285 g/mol. The summed E-state index contributed by atoms with van der Waals surface area (Å²) in [4.78, 5) is 14.6. The van der Waals surface area contributed by atoms with Crippen LogP contribution in [0.4, 0.5) is 24.7 Å². The molecule has 3 rings (SSSR count). The fourth-order valence-corrected chi connectivity index (χ4v) is 1.94. The molecule has 9 heteroatoms. The lowest BCUT2D eigenvalue weighted by atomic mass is 10.1. The number of nitrogens with two attached hydrogens (primary N) is 2. The zero-order valence-corrected chi connectivity index (χ0v) is 10.4. The Labute approximate surface area is 116 Å². The Morgan fingerprint density at radius 2 is 1.81 bits per heavy atom. The van der Waals surface area contributed by atoms with Crippen molar-refractivity contribution in [3.63, 3.8) is 0 Å². The Morgan fingerprint density at radius 3 is 2.48 bits per heavy atom. The van der Waals surface area contributed by atoms with Gasteiger partial charge in [-0.15, -0.1) is 0 Å². The van der Waals surface area contributed by atoms with Crippen molar-refractivity contribution in [2.24, 2.45) is 0 Å². The van der Waals surface area contributed by atoms with Crippen molar-refractivity contribution in [3.05, 3.63) is 30.1 Å².